The van der Waals surface area contributed by atoms with Gasteiger partial charge in [-0.25, -0.2) is 16.8 Å². The maximum Gasteiger partial charge on any atom is 0.251 e. The van der Waals surface area contributed by atoms with Gasteiger partial charge < -0.3 is 5.32 Å². The fourth-order valence-corrected chi connectivity index (χ4v) is 7.30. The van der Waals surface area contributed by atoms with E-state index in [1.807, 2.05) is 31.2 Å². The molecular weight excluding hydrogens is 532 g/mol. The number of rotatable bonds is 7. The number of aryl methyl sites for hydroxylation is 1. The van der Waals surface area contributed by atoms with Gasteiger partial charge in [0.25, 0.3) is 5.91 Å². The van der Waals surface area contributed by atoms with Crippen LogP contribution in [0.2, 0.25) is 5.02 Å². The highest BCUT2D eigenvalue weighted by molar-refractivity contribution is 7.90. The van der Waals surface area contributed by atoms with E-state index in [2.05, 4.69) is 5.32 Å². The molecule has 1 saturated heterocycles. The zero-order valence-corrected chi connectivity index (χ0v) is 23.3. The van der Waals surface area contributed by atoms with Gasteiger partial charge in [-0.15, -0.1) is 0 Å². The van der Waals surface area contributed by atoms with Gasteiger partial charge in [-0.2, -0.15) is 4.31 Å². The van der Waals surface area contributed by atoms with Crippen LogP contribution in [0.25, 0.3) is 11.1 Å². The lowest BCUT2D eigenvalue weighted by Crippen LogP contribution is -2.29. The van der Waals surface area contributed by atoms with Crippen LogP contribution in [0.5, 0.6) is 0 Å². The monoisotopic (exact) mass is 560 g/mol. The van der Waals surface area contributed by atoms with E-state index in [9.17, 15) is 21.6 Å². The molecule has 1 heterocycles. The molecule has 37 heavy (non-hydrogen) atoms. The summed E-state index contributed by atoms with van der Waals surface area (Å²) in [6, 6.07) is 15.3. The molecule has 1 fully saturated rings. The van der Waals surface area contributed by atoms with Gasteiger partial charge in [0.05, 0.1) is 14.8 Å². The van der Waals surface area contributed by atoms with Crippen molar-refractivity contribution in [1.29, 1.82) is 0 Å². The number of carbonyl (C=O) groups excluding carboxylic acids is 1. The van der Waals surface area contributed by atoms with Crippen molar-refractivity contribution in [2.75, 3.05) is 19.3 Å². The van der Waals surface area contributed by atoms with Gasteiger partial charge in [-0.3, -0.25) is 4.79 Å². The van der Waals surface area contributed by atoms with Crippen molar-refractivity contribution in [1.82, 2.24) is 9.62 Å². The lowest BCUT2D eigenvalue weighted by Gasteiger charge is -2.19. The highest BCUT2D eigenvalue weighted by Crippen LogP contribution is 2.32. The minimum atomic E-state index is -3.77. The summed E-state index contributed by atoms with van der Waals surface area (Å²) >= 11 is 6.03. The predicted molar refractivity (Wildman–Crippen MR) is 145 cm³/mol. The molecule has 0 bridgehead atoms. The van der Waals surface area contributed by atoms with Crippen molar-refractivity contribution in [3.8, 4) is 11.1 Å². The van der Waals surface area contributed by atoms with E-state index in [0.717, 1.165) is 30.2 Å². The normalized spacial score (nSPS) is 14.6. The van der Waals surface area contributed by atoms with Crippen LogP contribution in [-0.4, -0.2) is 46.4 Å². The second-order valence-electron chi connectivity index (χ2n) is 9.34. The summed E-state index contributed by atoms with van der Waals surface area (Å²) < 4.78 is 52.3. The molecule has 3 aromatic rings. The maximum atomic E-state index is 13.4. The fraction of sp³-hybridized carbons (Fsp3) is 0.296. The number of nitrogens with one attached hydrogen (secondary N) is 1. The van der Waals surface area contributed by atoms with Crippen molar-refractivity contribution < 1.29 is 21.6 Å². The Hall–Kier alpha value is -2.72. The van der Waals surface area contributed by atoms with Crippen LogP contribution in [-0.2, 0) is 26.4 Å². The van der Waals surface area contributed by atoms with Gasteiger partial charge in [-0.05, 0) is 73.2 Å². The molecule has 7 nitrogen and oxygen atoms in total. The van der Waals surface area contributed by atoms with E-state index in [1.165, 1.54) is 22.5 Å². The number of hydrogen-bond acceptors (Lipinski definition) is 5. The zero-order valence-electron chi connectivity index (χ0n) is 20.9. The molecule has 0 spiro atoms. The summed E-state index contributed by atoms with van der Waals surface area (Å²) in [5.74, 6) is -0.458. The summed E-state index contributed by atoms with van der Waals surface area (Å²) in [5.41, 5.74) is 3.98. The van der Waals surface area contributed by atoms with E-state index in [1.54, 1.807) is 19.1 Å². The van der Waals surface area contributed by atoms with E-state index in [4.69, 9.17) is 11.6 Å². The first-order valence-electron chi connectivity index (χ1n) is 11.9. The Labute approximate surface area is 223 Å². The second kappa shape index (κ2) is 10.6. The number of sulfonamides is 1. The van der Waals surface area contributed by atoms with Crippen LogP contribution >= 0.6 is 11.6 Å². The van der Waals surface area contributed by atoms with Crippen LogP contribution in [0.3, 0.4) is 0 Å². The van der Waals surface area contributed by atoms with Crippen LogP contribution < -0.4 is 5.32 Å². The van der Waals surface area contributed by atoms with Gasteiger partial charge >= 0.3 is 0 Å². The van der Waals surface area contributed by atoms with E-state index in [0.29, 0.717) is 29.8 Å². The van der Waals surface area contributed by atoms with Crippen molar-refractivity contribution in [3.05, 3.63) is 81.9 Å². The van der Waals surface area contributed by atoms with Crippen molar-refractivity contribution in [2.24, 2.45) is 0 Å². The Morgan fingerprint density at radius 3 is 2.22 bits per heavy atom. The Morgan fingerprint density at radius 2 is 1.59 bits per heavy atom. The number of benzene rings is 3. The van der Waals surface area contributed by atoms with Gasteiger partial charge in [0.15, 0.2) is 9.84 Å². The predicted octanol–water partition coefficient (Wildman–Crippen LogP) is 4.74. The highest BCUT2D eigenvalue weighted by Gasteiger charge is 2.29. The number of sulfone groups is 1. The first-order valence-corrected chi connectivity index (χ1v) is 15.6. The molecule has 1 amide bonds. The standard InChI is InChI=1S/C27H29ClN2O5S2/c1-18-6-9-21(10-7-18)23-15-22(37(34,35)30-12-4-5-13-30)16-24(19(23)2)27(31)29-17-20-8-11-25(28)26(14-20)36(3,32)33/h6-11,14-16H,4-5,12-13,17H2,1-3H3,(H,29,31). The van der Waals surface area contributed by atoms with E-state index < -0.39 is 25.8 Å². The maximum absolute atomic E-state index is 13.4. The van der Waals surface area contributed by atoms with Crippen LogP contribution in [0.4, 0.5) is 0 Å². The molecule has 0 saturated carbocycles. The average molecular weight is 561 g/mol. The third-order valence-electron chi connectivity index (χ3n) is 6.54. The van der Waals surface area contributed by atoms with Gasteiger partial charge in [0.1, 0.15) is 0 Å². The SMILES string of the molecule is Cc1ccc(-c2cc(S(=O)(=O)N3CCCC3)cc(C(=O)NCc3ccc(Cl)c(S(C)(=O)=O)c3)c2C)cc1. The third-order valence-corrected chi connectivity index (χ3v) is 9.99. The van der Waals surface area contributed by atoms with Gasteiger partial charge in [0.2, 0.25) is 10.0 Å². The first kappa shape index (κ1) is 27.3. The molecule has 0 aliphatic carbocycles. The van der Waals surface area contributed by atoms with Crippen LogP contribution in [0, 0.1) is 13.8 Å². The minimum absolute atomic E-state index is 0.0162. The van der Waals surface area contributed by atoms with Gasteiger partial charge in [0, 0.05) is 31.5 Å². The Kier molecular flexibility index (Phi) is 7.80. The summed E-state index contributed by atoms with van der Waals surface area (Å²) in [6.07, 6.45) is 2.68. The van der Waals surface area contributed by atoms with Gasteiger partial charge in [-0.1, -0.05) is 47.5 Å². The van der Waals surface area contributed by atoms with Crippen molar-refractivity contribution >= 4 is 37.4 Å². The minimum Gasteiger partial charge on any atom is -0.348 e. The molecule has 3 aromatic carbocycles. The lowest BCUT2D eigenvalue weighted by molar-refractivity contribution is 0.0950. The molecule has 1 aliphatic rings. The Morgan fingerprint density at radius 1 is 0.946 bits per heavy atom. The van der Waals surface area contributed by atoms with Crippen LogP contribution in [0.1, 0.15) is 39.9 Å². The fourth-order valence-electron chi connectivity index (χ4n) is 4.40. The molecule has 0 unspecified atom stereocenters. The van der Waals surface area contributed by atoms with Crippen LogP contribution in [0.15, 0.2) is 64.4 Å². The van der Waals surface area contributed by atoms with E-state index >= 15 is 0 Å². The lowest BCUT2D eigenvalue weighted by atomic mass is 9.95. The molecule has 0 aromatic heterocycles. The topological polar surface area (TPSA) is 101 Å². The molecule has 0 radical (unpaired) electrons. The summed E-state index contributed by atoms with van der Waals surface area (Å²) in [4.78, 5) is 13.4. The molecule has 0 atom stereocenters. The molecule has 196 valence electrons. The molecular formula is C27H29ClN2O5S2. The highest BCUT2D eigenvalue weighted by atomic mass is 35.5. The number of hydrogen-bond donors (Lipinski definition) is 1. The number of halogens is 1. The van der Waals surface area contributed by atoms with Crippen molar-refractivity contribution in [2.45, 2.75) is 43.0 Å². The largest absolute Gasteiger partial charge is 0.348 e. The number of nitrogens with zero attached hydrogens (tertiary/aromatic N) is 1. The summed E-state index contributed by atoms with van der Waals surface area (Å²) in [7, 11) is -7.31. The zero-order chi connectivity index (χ0) is 27.0. The van der Waals surface area contributed by atoms with Crippen molar-refractivity contribution in [3.63, 3.8) is 0 Å². The Balaban J connectivity index is 1.73. The quantitative estimate of drug-likeness (QED) is 0.450. The summed E-state index contributed by atoms with van der Waals surface area (Å²) in [6.45, 7) is 4.71. The second-order valence-corrected chi connectivity index (χ2v) is 13.7. The van der Waals surface area contributed by atoms with E-state index in [-0.39, 0.29) is 26.9 Å². The summed E-state index contributed by atoms with van der Waals surface area (Å²) in [5, 5.41) is 2.91. The third kappa shape index (κ3) is 5.90. The average Bonchev–Trinajstić information content (AvgIpc) is 3.39. The molecule has 10 heteroatoms. The molecule has 4 rings (SSSR count). The first-order chi connectivity index (χ1) is 17.4. The molecule has 1 N–H and O–H groups in total. The Bertz CT molecular complexity index is 1560. The smallest absolute Gasteiger partial charge is 0.251 e. The number of carbonyl (C=O) groups is 1. The number of amides is 1. The molecule has 1 aliphatic heterocycles.